The highest BCUT2D eigenvalue weighted by molar-refractivity contribution is 6.22. The van der Waals surface area contributed by atoms with E-state index in [0.29, 0.717) is 18.4 Å². The van der Waals surface area contributed by atoms with E-state index in [1.165, 1.54) is 0 Å². The highest BCUT2D eigenvalue weighted by atomic mass is 16.1. The Morgan fingerprint density at radius 3 is 2.45 bits per heavy atom. The zero-order chi connectivity index (χ0) is 15.9. The lowest BCUT2D eigenvalue weighted by atomic mass is 9.79. The number of hydrogen-bond donors (Lipinski definition) is 0. The van der Waals surface area contributed by atoms with Crippen LogP contribution in [0.1, 0.15) is 24.3 Å². The van der Waals surface area contributed by atoms with Crippen molar-refractivity contribution in [3.63, 3.8) is 0 Å². The molecule has 0 atom stereocenters. The summed E-state index contributed by atoms with van der Waals surface area (Å²) in [5, 5.41) is 1.13. The fraction of sp³-hybridized carbons (Fsp3) is 0.333. The molecule has 1 aliphatic rings. The van der Waals surface area contributed by atoms with Gasteiger partial charge in [-0.3, -0.25) is 9.59 Å². The van der Waals surface area contributed by atoms with E-state index >= 15 is 0 Å². The maximum Gasteiger partial charge on any atom is 0.168 e. The molecule has 1 fully saturated rings. The number of allylic oxidation sites excluding steroid dienone is 1. The number of nitrogens with zero attached hydrogens (tertiary/aromatic N) is 2. The quantitative estimate of drug-likeness (QED) is 0.632. The van der Waals surface area contributed by atoms with Crippen LogP contribution in [-0.2, 0) is 16.6 Å². The van der Waals surface area contributed by atoms with Crippen molar-refractivity contribution in [2.45, 2.75) is 18.8 Å². The first-order valence-electron chi connectivity index (χ1n) is 7.46. The van der Waals surface area contributed by atoms with Crippen molar-refractivity contribution in [3.05, 3.63) is 47.8 Å². The standard InChI is InChI=1S/C18H20N2O2/c1-19(2)11-15-17(21)9-12(10-18(15)22)13-5-4-6-16-14(13)7-8-20(16)3/h4-8,11-12H,9-10H2,1-3H3. The first kappa shape index (κ1) is 14.6. The molecule has 4 nitrogen and oxygen atoms in total. The van der Waals surface area contributed by atoms with Gasteiger partial charge in [-0.05, 0) is 23.6 Å². The minimum atomic E-state index is -0.0529. The van der Waals surface area contributed by atoms with E-state index in [4.69, 9.17) is 0 Å². The molecular formula is C18H20N2O2. The van der Waals surface area contributed by atoms with Crippen LogP contribution < -0.4 is 0 Å². The minimum absolute atomic E-state index is 0.0228. The minimum Gasteiger partial charge on any atom is -0.383 e. The number of Topliss-reactive ketones (excluding diaryl/α,β-unsaturated/α-hetero) is 2. The van der Waals surface area contributed by atoms with E-state index < -0.39 is 0 Å². The van der Waals surface area contributed by atoms with Crippen LogP contribution in [0.5, 0.6) is 0 Å². The van der Waals surface area contributed by atoms with Crippen molar-refractivity contribution in [2.75, 3.05) is 14.1 Å². The van der Waals surface area contributed by atoms with Gasteiger partial charge in [0.1, 0.15) is 0 Å². The molecule has 0 saturated heterocycles. The second-order valence-corrected chi connectivity index (χ2v) is 6.16. The van der Waals surface area contributed by atoms with Crippen LogP contribution in [0.25, 0.3) is 10.9 Å². The lowest BCUT2D eigenvalue weighted by molar-refractivity contribution is -0.124. The molecule has 4 heteroatoms. The van der Waals surface area contributed by atoms with Gasteiger partial charge in [0.05, 0.1) is 5.57 Å². The number of rotatable bonds is 2. The number of carbonyl (C=O) groups is 2. The average Bonchev–Trinajstić information content (AvgIpc) is 2.84. The Kier molecular flexibility index (Phi) is 3.61. The molecule has 1 aliphatic carbocycles. The second-order valence-electron chi connectivity index (χ2n) is 6.16. The Bertz CT molecular complexity index is 763. The van der Waals surface area contributed by atoms with Crippen molar-refractivity contribution >= 4 is 22.5 Å². The Morgan fingerprint density at radius 2 is 1.82 bits per heavy atom. The number of aryl methyl sites for hydroxylation is 1. The highest BCUT2D eigenvalue weighted by Crippen LogP contribution is 2.35. The summed E-state index contributed by atoms with van der Waals surface area (Å²) in [6.07, 6.45) is 4.46. The summed E-state index contributed by atoms with van der Waals surface area (Å²) in [6, 6.07) is 8.15. The predicted octanol–water partition coefficient (Wildman–Crippen LogP) is 2.64. The third-order valence-electron chi connectivity index (χ3n) is 4.25. The van der Waals surface area contributed by atoms with Crippen LogP contribution in [0.4, 0.5) is 0 Å². The van der Waals surface area contributed by atoms with Crippen LogP contribution in [0.2, 0.25) is 0 Å². The summed E-state index contributed by atoms with van der Waals surface area (Å²) in [5.74, 6) is -0.129. The second kappa shape index (κ2) is 5.44. The zero-order valence-corrected chi connectivity index (χ0v) is 13.2. The summed E-state index contributed by atoms with van der Waals surface area (Å²) >= 11 is 0. The molecule has 0 spiro atoms. The summed E-state index contributed by atoms with van der Waals surface area (Å²) < 4.78 is 2.06. The van der Waals surface area contributed by atoms with Gasteiger partial charge in [0.25, 0.3) is 0 Å². The molecule has 0 radical (unpaired) electrons. The normalized spacial score (nSPS) is 18.9. The molecule has 22 heavy (non-hydrogen) atoms. The first-order chi connectivity index (χ1) is 10.5. The van der Waals surface area contributed by atoms with Gasteiger partial charge >= 0.3 is 0 Å². The van der Waals surface area contributed by atoms with Gasteiger partial charge in [0.2, 0.25) is 0 Å². The SMILES string of the molecule is CN(C)C=C1C(=O)CC(c2cccc3c2ccn3C)CC1=O. The van der Waals surface area contributed by atoms with Gasteiger partial charge in [0, 0.05) is 57.3 Å². The maximum atomic E-state index is 12.3. The molecule has 1 aromatic heterocycles. The molecule has 1 heterocycles. The smallest absolute Gasteiger partial charge is 0.168 e. The van der Waals surface area contributed by atoms with Crippen LogP contribution >= 0.6 is 0 Å². The third-order valence-corrected chi connectivity index (χ3v) is 4.25. The van der Waals surface area contributed by atoms with Crippen molar-refractivity contribution in [3.8, 4) is 0 Å². The van der Waals surface area contributed by atoms with Crippen molar-refractivity contribution in [1.29, 1.82) is 0 Å². The Morgan fingerprint density at radius 1 is 1.14 bits per heavy atom. The van der Waals surface area contributed by atoms with E-state index in [2.05, 4.69) is 16.7 Å². The molecule has 0 bridgehead atoms. The molecule has 1 saturated carbocycles. The summed E-state index contributed by atoms with van der Waals surface area (Å²) in [7, 11) is 5.65. The first-order valence-corrected chi connectivity index (χ1v) is 7.46. The fourth-order valence-electron chi connectivity index (χ4n) is 3.20. The fourth-order valence-corrected chi connectivity index (χ4v) is 3.20. The monoisotopic (exact) mass is 296 g/mol. The average molecular weight is 296 g/mol. The van der Waals surface area contributed by atoms with Crippen molar-refractivity contribution in [1.82, 2.24) is 9.47 Å². The summed E-state index contributed by atoms with van der Waals surface area (Å²) in [6.45, 7) is 0. The van der Waals surface area contributed by atoms with E-state index in [-0.39, 0.29) is 17.5 Å². The molecule has 0 N–H and O–H groups in total. The molecule has 0 unspecified atom stereocenters. The van der Waals surface area contributed by atoms with Gasteiger partial charge in [-0.15, -0.1) is 0 Å². The van der Waals surface area contributed by atoms with Crippen LogP contribution in [0, 0.1) is 0 Å². The maximum absolute atomic E-state index is 12.3. The van der Waals surface area contributed by atoms with Gasteiger partial charge in [-0.25, -0.2) is 0 Å². The van der Waals surface area contributed by atoms with Gasteiger partial charge in [-0.1, -0.05) is 12.1 Å². The number of benzene rings is 1. The topological polar surface area (TPSA) is 42.3 Å². The van der Waals surface area contributed by atoms with Crippen molar-refractivity contribution < 1.29 is 9.59 Å². The molecule has 1 aromatic carbocycles. The Hall–Kier alpha value is -2.36. The van der Waals surface area contributed by atoms with Crippen LogP contribution in [0.3, 0.4) is 0 Å². The van der Waals surface area contributed by atoms with E-state index in [1.54, 1.807) is 11.1 Å². The molecule has 0 aliphatic heterocycles. The molecule has 3 rings (SSSR count). The summed E-state index contributed by atoms with van der Waals surface area (Å²) in [5.41, 5.74) is 2.57. The molecule has 114 valence electrons. The van der Waals surface area contributed by atoms with Crippen LogP contribution in [0.15, 0.2) is 42.2 Å². The number of ketones is 2. The van der Waals surface area contributed by atoms with E-state index in [0.717, 1.165) is 16.5 Å². The zero-order valence-electron chi connectivity index (χ0n) is 13.2. The van der Waals surface area contributed by atoms with Gasteiger partial charge < -0.3 is 9.47 Å². The summed E-state index contributed by atoms with van der Waals surface area (Å²) in [4.78, 5) is 26.4. The number of aromatic nitrogens is 1. The van der Waals surface area contributed by atoms with E-state index in [1.807, 2.05) is 39.5 Å². The molecule has 2 aromatic rings. The lowest BCUT2D eigenvalue weighted by Crippen LogP contribution is -2.26. The predicted molar refractivity (Wildman–Crippen MR) is 86.7 cm³/mol. The number of hydrogen-bond acceptors (Lipinski definition) is 3. The molecule has 0 amide bonds. The number of fused-ring (bicyclic) bond motifs is 1. The highest BCUT2D eigenvalue weighted by Gasteiger charge is 2.32. The largest absolute Gasteiger partial charge is 0.383 e. The van der Waals surface area contributed by atoms with Gasteiger partial charge in [-0.2, -0.15) is 0 Å². The van der Waals surface area contributed by atoms with Gasteiger partial charge in [0.15, 0.2) is 11.6 Å². The Labute approximate surface area is 130 Å². The van der Waals surface area contributed by atoms with E-state index in [9.17, 15) is 9.59 Å². The molecular weight excluding hydrogens is 276 g/mol. The Balaban J connectivity index is 1.97. The van der Waals surface area contributed by atoms with Crippen LogP contribution in [-0.4, -0.2) is 35.1 Å². The lowest BCUT2D eigenvalue weighted by Gasteiger charge is -2.23. The number of carbonyl (C=O) groups excluding carboxylic acids is 2. The third kappa shape index (κ3) is 2.45. The van der Waals surface area contributed by atoms with Crippen molar-refractivity contribution in [2.24, 2.45) is 7.05 Å².